The largest absolute Gasteiger partial charge is 0.250 e. The number of allylic oxidation sites excluding steroid dienone is 2. The number of rotatable bonds is 4. The van der Waals surface area contributed by atoms with Crippen LogP contribution in [0.4, 0.5) is 0 Å². The van der Waals surface area contributed by atoms with Crippen molar-refractivity contribution in [3.63, 3.8) is 0 Å². The molecule has 28 heavy (non-hydrogen) atoms. The molecule has 0 fully saturated rings. The summed E-state index contributed by atoms with van der Waals surface area (Å²) in [7, 11) is 0. The molecule has 0 radical (unpaired) electrons. The van der Waals surface area contributed by atoms with Crippen molar-refractivity contribution in [2.45, 2.75) is 47.1 Å². The van der Waals surface area contributed by atoms with Crippen LogP contribution in [0.15, 0.2) is 59.7 Å². The van der Waals surface area contributed by atoms with Crippen molar-refractivity contribution in [2.75, 3.05) is 0 Å². The van der Waals surface area contributed by atoms with E-state index in [1.165, 1.54) is 11.1 Å². The first kappa shape index (κ1) is 22.3. The summed E-state index contributed by atoms with van der Waals surface area (Å²) in [5, 5.41) is 0. The first-order chi connectivity index (χ1) is 13.4. The van der Waals surface area contributed by atoms with Crippen LogP contribution in [0.25, 0.3) is 12.2 Å². The number of halogens is 2. The summed E-state index contributed by atoms with van der Waals surface area (Å²) < 4.78 is 1.53. The molecule has 0 saturated carbocycles. The standard InChI is InChI=1S/2C10H9.C4H10Cl2Si.Hf/c2*1-8-6-9-4-2-3-5-10(9)7-8;1-3-7(5,6)4-2;/h2*2-7H,1H3;3-4H2,1-2H3;. The summed E-state index contributed by atoms with van der Waals surface area (Å²) in [4.78, 5) is 0. The van der Waals surface area contributed by atoms with Crippen molar-refractivity contribution in [3.05, 3.63) is 81.9 Å². The van der Waals surface area contributed by atoms with E-state index in [1.807, 2.05) is 13.8 Å². The van der Waals surface area contributed by atoms with Crippen LogP contribution < -0.4 is 0 Å². The normalized spacial score (nSPS) is 19.8. The van der Waals surface area contributed by atoms with E-state index in [0.29, 0.717) is 0 Å². The average molecular weight is 594 g/mol. The van der Waals surface area contributed by atoms with Crippen LogP contribution >= 0.6 is 22.2 Å². The van der Waals surface area contributed by atoms with Crippen molar-refractivity contribution in [1.82, 2.24) is 0 Å². The molecule has 2 aromatic rings. The molecule has 2 aliphatic carbocycles. The molecule has 0 aliphatic heterocycles. The van der Waals surface area contributed by atoms with E-state index in [4.69, 9.17) is 22.2 Å². The fourth-order valence-corrected chi connectivity index (χ4v) is 11.2. The maximum Gasteiger partial charge on any atom is 0.250 e. The number of fused-ring (bicyclic) bond motifs is 2. The SMILES string of the molecule is CC1=Cc2ccccc2[CH]1[Hf][CH]1C(C)=Cc2ccccc21.CC[Si](Cl)(Cl)CC. The molecule has 0 amide bonds. The predicted octanol–water partition coefficient (Wildman–Crippen LogP) is 8.33. The number of benzene rings is 2. The minimum atomic E-state index is -1.71. The topological polar surface area (TPSA) is 0 Å². The van der Waals surface area contributed by atoms with Gasteiger partial charge in [0, 0.05) is 0 Å². The van der Waals surface area contributed by atoms with Crippen LogP contribution in [-0.4, -0.2) is 6.69 Å². The van der Waals surface area contributed by atoms with E-state index in [2.05, 4.69) is 74.5 Å². The summed E-state index contributed by atoms with van der Waals surface area (Å²) >= 11 is 10.7. The van der Waals surface area contributed by atoms with Gasteiger partial charge in [0.25, 0.3) is 6.69 Å². The molecule has 4 rings (SSSR count). The Morgan fingerprint density at radius 2 is 1.14 bits per heavy atom. The van der Waals surface area contributed by atoms with Crippen molar-refractivity contribution in [2.24, 2.45) is 0 Å². The number of hydrogen-bond acceptors (Lipinski definition) is 0. The quantitative estimate of drug-likeness (QED) is 0.247. The molecule has 0 heterocycles. The van der Waals surface area contributed by atoms with Crippen LogP contribution in [0.3, 0.4) is 0 Å². The molecular weight excluding hydrogens is 566 g/mol. The Kier molecular flexibility index (Phi) is 7.64. The van der Waals surface area contributed by atoms with Gasteiger partial charge in [-0.1, -0.05) is 13.8 Å². The zero-order valence-corrected chi connectivity index (χ0v) is 23.2. The van der Waals surface area contributed by atoms with E-state index in [9.17, 15) is 0 Å². The minimum Gasteiger partial charge on any atom is -0.146 e. The second-order valence-corrected chi connectivity index (χ2v) is 21.0. The molecule has 0 spiro atoms. The minimum absolute atomic E-state index is 0.765. The van der Waals surface area contributed by atoms with E-state index >= 15 is 0 Å². The molecule has 2 aromatic carbocycles. The van der Waals surface area contributed by atoms with E-state index in [0.717, 1.165) is 19.4 Å². The van der Waals surface area contributed by atoms with Gasteiger partial charge in [0.2, 0.25) is 0 Å². The molecule has 0 saturated heterocycles. The fourth-order valence-electron chi connectivity index (χ4n) is 3.82. The maximum atomic E-state index is 5.81. The molecular formula is C24H28Cl2HfSi. The Morgan fingerprint density at radius 3 is 1.50 bits per heavy atom. The third-order valence-corrected chi connectivity index (χ3v) is 18.8. The third kappa shape index (κ3) is 5.01. The molecule has 4 heteroatoms. The van der Waals surface area contributed by atoms with Crippen molar-refractivity contribution in [1.29, 1.82) is 0 Å². The second-order valence-electron chi connectivity index (χ2n) is 7.63. The van der Waals surface area contributed by atoms with Gasteiger partial charge >= 0.3 is 138 Å². The summed E-state index contributed by atoms with van der Waals surface area (Å²) in [6.45, 7) is 7.03. The molecule has 0 N–H and O–H groups in total. The van der Waals surface area contributed by atoms with Gasteiger partial charge in [0.1, 0.15) is 0 Å². The van der Waals surface area contributed by atoms with Crippen molar-refractivity contribution < 1.29 is 22.9 Å². The summed E-state index contributed by atoms with van der Waals surface area (Å²) in [5.74, 6) is 0. The maximum absolute atomic E-state index is 5.81. The first-order valence-corrected chi connectivity index (χ1v) is 18.6. The van der Waals surface area contributed by atoms with Gasteiger partial charge in [-0.3, -0.25) is 0 Å². The Bertz CT molecular complexity index is 829. The van der Waals surface area contributed by atoms with E-state index in [-0.39, 0.29) is 0 Å². The Balaban J connectivity index is 0.000000279. The molecule has 2 unspecified atom stereocenters. The third-order valence-electron chi connectivity index (χ3n) is 5.66. The molecule has 0 aromatic heterocycles. The first-order valence-electron chi connectivity index (χ1n) is 10.0. The molecule has 0 bridgehead atoms. The Hall–Kier alpha value is -0.413. The Labute approximate surface area is 191 Å². The van der Waals surface area contributed by atoms with Crippen LogP contribution in [0.1, 0.15) is 57.3 Å². The van der Waals surface area contributed by atoms with Gasteiger partial charge in [-0.2, -0.15) is 0 Å². The van der Waals surface area contributed by atoms with Crippen molar-refractivity contribution >= 4 is 41.0 Å². The van der Waals surface area contributed by atoms with E-state index in [1.54, 1.807) is 22.3 Å². The smallest absolute Gasteiger partial charge is 0.146 e. The van der Waals surface area contributed by atoms with Crippen LogP contribution in [0.2, 0.25) is 12.1 Å². The van der Waals surface area contributed by atoms with Gasteiger partial charge < -0.3 is 0 Å². The van der Waals surface area contributed by atoms with Gasteiger partial charge in [0.05, 0.1) is 0 Å². The Morgan fingerprint density at radius 1 is 0.750 bits per heavy atom. The van der Waals surface area contributed by atoms with E-state index < -0.39 is 29.6 Å². The van der Waals surface area contributed by atoms with Gasteiger partial charge in [0.15, 0.2) is 0 Å². The molecule has 146 valence electrons. The molecule has 2 atom stereocenters. The second kappa shape index (κ2) is 9.60. The number of hydrogen-bond donors (Lipinski definition) is 0. The van der Waals surface area contributed by atoms with Gasteiger partial charge in [-0.15, -0.1) is 22.2 Å². The average Bonchev–Trinajstić information content (AvgIpc) is 3.19. The molecule has 2 aliphatic rings. The zero-order valence-electron chi connectivity index (χ0n) is 17.1. The van der Waals surface area contributed by atoms with Crippen LogP contribution in [0, 0.1) is 0 Å². The summed E-state index contributed by atoms with van der Waals surface area (Å²) in [5.41, 5.74) is 9.29. The predicted molar refractivity (Wildman–Crippen MR) is 124 cm³/mol. The zero-order chi connectivity index (χ0) is 20.3. The van der Waals surface area contributed by atoms with Crippen molar-refractivity contribution in [3.8, 4) is 0 Å². The fraction of sp³-hybridized carbons (Fsp3) is 0.333. The van der Waals surface area contributed by atoms with Crippen LogP contribution in [-0.2, 0) is 22.9 Å². The van der Waals surface area contributed by atoms with Gasteiger partial charge in [-0.25, -0.2) is 0 Å². The van der Waals surface area contributed by atoms with Gasteiger partial charge in [-0.05, 0) is 12.1 Å². The summed E-state index contributed by atoms with van der Waals surface area (Å²) in [6, 6.07) is 19.9. The molecule has 0 nitrogen and oxygen atoms in total. The monoisotopic (exact) mass is 594 g/mol. The van der Waals surface area contributed by atoms with Crippen LogP contribution in [0.5, 0.6) is 0 Å². The summed E-state index contributed by atoms with van der Waals surface area (Å²) in [6.07, 6.45) is 4.82.